The van der Waals surface area contributed by atoms with Gasteiger partial charge in [0.05, 0.1) is 0 Å². The SMILES string of the molecule is CCCCCc1ccc2c(c1)C(=O)C=C(C)C2=O. The molecule has 0 heterocycles. The van der Waals surface area contributed by atoms with Crippen LogP contribution >= 0.6 is 0 Å². The van der Waals surface area contributed by atoms with Crippen LogP contribution in [0.15, 0.2) is 29.8 Å². The van der Waals surface area contributed by atoms with Crippen molar-refractivity contribution < 1.29 is 9.59 Å². The molecule has 1 aromatic carbocycles. The number of hydrogen-bond donors (Lipinski definition) is 0. The van der Waals surface area contributed by atoms with Gasteiger partial charge in [0.15, 0.2) is 11.6 Å². The van der Waals surface area contributed by atoms with Crippen LogP contribution in [-0.2, 0) is 6.42 Å². The van der Waals surface area contributed by atoms with Crippen LogP contribution in [0, 0.1) is 0 Å². The number of carbonyl (C=O) groups excluding carboxylic acids is 2. The number of benzene rings is 1. The van der Waals surface area contributed by atoms with Crippen LogP contribution in [0.25, 0.3) is 0 Å². The minimum Gasteiger partial charge on any atom is -0.289 e. The van der Waals surface area contributed by atoms with Crippen molar-refractivity contribution >= 4 is 11.6 Å². The van der Waals surface area contributed by atoms with E-state index < -0.39 is 0 Å². The largest absolute Gasteiger partial charge is 0.289 e. The molecule has 0 N–H and O–H groups in total. The fourth-order valence-corrected chi connectivity index (χ4v) is 2.28. The summed E-state index contributed by atoms with van der Waals surface area (Å²) < 4.78 is 0. The van der Waals surface area contributed by atoms with Crippen LogP contribution < -0.4 is 0 Å². The summed E-state index contributed by atoms with van der Waals surface area (Å²) in [6.45, 7) is 3.86. The predicted molar refractivity (Wildman–Crippen MR) is 72.1 cm³/mol. The van der Waals surface area contributed by atoms with E-state index in [4.69, 9.17) is 0 Å². The molecule has 0 spiro atoms. The lowest BCUT2D eigenvalue weighted by atomic mass is 9.88. The second-order valence-corrected chi connectivity index (χ2v) is 4.86. The Bertz CT molecular complexity index is 524. The van der Waals surface area contributed by atoms with Crippen LogP contribution in [0.1, 0.15) is 59.4 Å². The molecule has 0 amide bonds. The summed E-state index contributed by atoms with van der Waals surface area (Å²) in [4.78, 5) is 23.8. The topological polar surface area (TPSA) is 34.1 Å². The second-order valence-electron chi connectivity index (χ2n) is 4.86. The Balaban J connectivity index is 2.26. The molecule has 0 saturated heterocycles. The Morgan fingerprint density at radius 3 is 2.56 bits per heavy atom. The van der Waals surface area contributed by atoms with Crippen LogP contribution in [0.4, 0.5) is 0 Å². The van der Waals surface area contributed by atoms with Gasteiger partial charge in [0.25, 0.3) is 0 Å². The molecular formula is C16H18O2. The average molecular weight is 242 g/mol. The number of hydrogen-bond acceptors (Lipinski definition) is 2. The zero-order valence-corrected chi connectivity index (χ0v) is 11.0. The van der Waals surface area contributed by atoms with Gasteiger partial charge >= 0.3 is 0 Å². The van der Waals surface area contributed by atoms with Gasteiger partial charge in [-0.1, -0.05) is 31.9 Å². The van der Waals surface area contributed by atoms with Crippen LogP contribution in [0.3, 0.4) is 0 Å². The van der Waals surface area contributed by atoms with Crippen LogP contribution in [0.2, 0.25) is 0 Å². The Kier molecular flexibility index (Phi) is 3.75. The zero-order valence-electron chi connectivity index (χ0n) is 11.0. The summed E-state index contributed by atoms with van der Waals surface area (Å²) in [6.07, 6.45) is 5.94. The van der Waals surface area contributed by atoms with Gasteiger partial charge in [-0.15, -0.1) is 0 Å². The number of Topliss-reactive ketones (excluding diaryl/α,β-unsaturated/α-hetero) is 1. The van der Waals surface area contributed by atoms with E-state index in [1.807, 2.05) is 12.1 Å². The van der Waals surface area contributed by atoms with E-state index in [2.05, 4.69) is 6.92 Å². The highest BCUT2D eigenvalue weighted by Gasteiger charge is 2.22. The molecule has 94 valence electrons. The van der Waals surface area contributed by atoms with Gasteiger partial charge in [-0.05, 0) is 37.5 Å². The molecule has 0 bridgehead atoms. The molecule has 1 aromatic rings. The quantitative estimate of drug-likeness (QED) is 0.754. The van der Waals surface area contributed by atoms with E-state index in [0.717, 1.165) is 18.4 Å². The number of unbranched alkanes of at least 4 members (excludes halogenated alkanes) is 2. The fraction of sp³-hybridized carbons (Fsp3) is 0.375. The van der Waals surface area contributed by atoms with Gasteiger partial charge in [0, 0.05) is 16.7 Å². The van der Waals surface area contributed by atoms with Crippen molar-refractivity contribution in [2.24, 2.45) is 0 Å². The van der Waals surface area contributed by atoms with Gasteiger partial charge in [-0.3, -0.25) is 9.59 Å². The summed E-state index contributed by atoms with van der Waals surface area (Å²) in [5.74, 6) is -0.0656. The summed E-state index contributed by atoms with van der Waals surface area (Å²) in [6, 6.07) is 5.65. The number of carbonyl (C=O) groups is 2. The molecule has 0 aliphatic heterocycles. The van der Waals surface area contributed by atoms with Crippen molar-refractivity contribution in [2.75, 3.05) is 0 Å². The minimum absolute atomic E-state index is 0.0234. The van der Waals surface area contributed by atoms with Gasteiger partial charge in [-0.25, -0.2) is 0 Å². The van der Waals surface area contributed by atoms with E-state index >= 15 is 0 Å². The highest BCUT2D eigenvalue weighted by Crippen LogP contribution is 2.23. The highest BCUT2D eigenvalue weighted by molar-refractivity contribution is 6.24. The number of aryl methyl sites for hydroxylation is 1. The average Bonchev–Trinajstić information content (AvgIpc) is 2.36. The summed E-state index contributed by atoms with van der Waals surface area (Å²) in [5.41, 5.74) is 2.81. The molecule has 2 nitrogen and oxygen atoms in total. The van der Waals surface area contributed by atoms with E-state index in [9.17, 15) is 9.59 Å². The Labute approximate surface area is 108 Å². The third kappa shape index (κ3) is 2.42. The maximum Gasteiger partial charge on any atom is 0.189 e. The standard InChI is InChI=1S/C16H18O2/c1-3-4-5-6-12-7-8-13-14(10-12)15(17)9-11(2)16(13)18/h7-10H,3-6H2,1-2H3. The summed E-state index contributed by atoms with van der Waals surface area (Å²) >= 11 is 0. The molecule has 0 aromatic heterocycles. The normalized spacial score (nSPS) is 14.4. The predicted octanol–water partition coefficient (Wildman–Crippen LogP) is 3.74. The van der Waals surface area contributed by atoms with Crippen molar-refractivity contribution in [1.29, 1.82) is 0 Å². The first-order valence-electron chi connectivity index (χ1n) is 6.53. The van der Waals surface area contributed by atoms with E-state index in [1.165, 1.54) is 18.9 Å². The first-order chi connectivity index (χ1) is 8.63. The Morgan fingerprint density at radius 2 is 1.83 bits per heavy atom. The van der Waals surface area contributed by atoms with Crippen LogP contribution in [-0.4, -0.2) is 11.6 Å². The number of allylic oxidation sites excluding steroid dienone is 2. The maximum atomic E-state index is 11.9. The van der Waals surface area contributed by atoms with E-state index in [0.29, 0.717) is 16.7 Å². The molecule has 0 saturated carbocycles. The lowest BCUT2D eigenvalue weighted by Crippen LogP contribution is -2.15. The second kappa shape index (κ2) is 5.30. The molecule has 0 unspecified atom stereocenters. The van der Waals surface area contributed by atoms with Crippen molar-refractivity contribution in [3.63, 3.8) is 0 Å². The fourth-order valence-electron chi connectivity index (χ4n) is 2.28. The molecule has 1 aliphatic rings. The lowest BCUT2D eigenvalue weighted by molar-refractivity contribution is 0.0984. The third-order valence-corrected chi connectivity index (χ3v) is 3.37. The molecule has 0 fully saturated rings. The molecule has 0 atom stereocenters. The molecule has 18 heavy (non-hydrogen) atoms. The first kappa shape index (κ1) is 12.7. The summed E-state index contributed by atoms with van der Waals surface area (Å²) in [5, 5.41) is 0. The van der Waals surface area contributed by atoms with E-state index in [1.54, 1.807) is 13.0 Å². The van der Waals surface area contributed by atoms with Gasteiger partial charge in [0.2, 0.25) is 0 Å². The number of fused-ring (bicyclic) bond motifs is 1. The first-order valence-corrected chi connectivity index (χ1v) is 6.53. The van der Waals surface area contributed by atoms with E-state index in [-0.39, 0.29) is 11.6 Å². The highest BCUT2D eigenvalue weighted by atomic mass is 16.1. The van der Waals surface area contributed by atoms with Gasteiger partial charge in [0.1, 0.15) is 0 Å². The lowest BCUT2D eigenvalue weighted by Gasteiger charge is -2.13. The molecule has 1 aliphatic carbocycles. The van der Waals surface area contributed by atoms with Crippen molar-refractivity contribution in [3.8, 4) is 0 Å². The smallest absolute Gasteiger partial charge is 0.189 e. The molecule has 2 heteroatoms. The van der Waals surface area contributed by atoms with Crippen LogP contribution in [0.5, 0.6) is 0 Å². The van der Waals surface area contributed by atoms with Gasteiger partial charge in [-0.2, -0.15) is 0 Å². The molecule has 2 rings (SSSR count). The zero-order chi connectivity index (χ0) is 13.1. The van der Waals surface area contributed by atoms with Crippen molar-refractivity contribution in [3.05, 3.63) is 46.5 Å². The maximum absolute atomic E-state index is 11.9. The Hall–Kier alpha value is -1.70. The van der Waals surface area contributed by atoms with Gasteiger partial charge < -0.3 is 0 Å². The molecule has 0 radical (unpaired) electrons. The minimum atomic E-state index is -0.0422. The Morgan fingerprint density at radius 1 is 1.06 bits per heavy atom. The summed E-state index contributed by atoms with van der Waals surface area (Å²) in [7, 11) is 0. The molecular weight excluding hydrogens is 224 g/mol. The van der Waals surface area contributed by atoms with Crippen molar-refractivity contribution in [1.82, 2.24) is 0 Å². The number of rotatable bonds is 4. The number of ketones is 2. The third-order valence-electron chi connectivity index (χ3n) is 3.37. The monoisotopic (exact) mass is 242 g/mol. The van der Waals surface area contributed by atoms with Crippen molar-refractivity contribution in [2.45, 2.75) is 39.5 Å².